The fourth-order valence-electron chi connectivity index (χ4n) is 8.06. The first kappa shape index (κ1) is 30.3. The van der Waals surface area contributed by atoms with E-state index in [9.17, 15) is 9.90 Å². The minimum absolute atomic E-state index is 0.287. The van der Waals surface area contributed by atoms with Gasteiger partial charge < -0.3 is 14.9 Å². The van der Waals surface area contributed by atoms with Gasteiger partial charge >= 0.3 is 5.97 Å². The lowest BCUT2D eigenvalue weighted by Crippen LogP contribution is -2.48. The van der Waals surface area contributed by atoms with Crippen molar-refractivity contribution in [1.82, 2.24) is 14.8 Å². The Labute approximate surface area is 261 Å². The first-order valence-electron chi connectivity index (χ1n) is 16.6. The summed E-state index contributed by atoms with van der Waals surface area (Å²) in [5.74, 6) is 0.500. The predicted molar refractivity (Wildman–Crippen MR) is 177 cm³/mol. The van der Waals surface area contributed by atoms with Gasteiger partial charge in [-0.1, -0.05) is 86.8 Å². The number of likely N-dealkylation sites (tertiary alicyclic amines) is 2. The maximum atomic E-state index is 12.6. The Hall–Kier alpha value is -2.74. The molecule has 1 aliphatic carbocycles. The van der Waals surface area contributed by atoms with Gasteiger partial charge in [0.25, 0.3) is 0 Å². The summed E-state index contributed by atoms with van der Waals surface area (Å²) in [6.45, 7) is 8.27. The Morgan fingerprint density at radius 3 is 2.35 bits per heavy atom. The maximum Gasteiger partial charge on any atom is 0.321 e. The van der Waals surface area contributed by atoms with E-state index in [4.69, 9.17) is 4.98 Å². The summed E-state index contributed by atoms with van der Waals surface area (Å²) >= 11 is 1.78. The molecule has 2 saturated heterocycles. The largest absolute Gasteiger partial charge is 0.480 e. The number of piperidine rings is 1. The number of aliphatic carboxylic acids is 1. The number of hydrogen-bond donors (Lipinski definition) is 1. The van der Waals surface area contributed by atoms with Crippen LogP contribution in [0.2, 0.25) is 0 Å². The average Bonchev–Trinajstić information content (AvgIpc) is 3.70. The van der Waals surface area contributed by atoms with E-state index in [1.165, 1.54) is 30.4 Å². The third kappa shape index (κ3) is 7.16. The van der Waals surface area contributed by atoms with E-state index in [2.05, 4.69) is 87.7 Å². The zero-order valence-corrected chi connectivity index (χ0v) is 26.5. The number of carbonyl (C=O) groups is 1. The highest BCUT2D eigenvalue weighted by Crippen LogP contribution is 2.39. The fraction of sp³-hybridized carbons (Fsp3) is 0.556. The van der Waals surface area contributed by atoms with E-state index >= 15 is 0 Å². The zero-order valence-electron chi connectivity index (χ0n) is 25.7. The van der Waals surface area contributed by atoms with Gasteiger partial charge in [0.05, 0.1) is 5.69 Å². The Bertz CT molecular complexity index is 1290. The fourth-order valence-corrected chi connectivity index (χ4v) is 8.99. The van der Waals surface area contributed by atoms with Crippen LogP contribution in [-0.2, 0) is 4.79 Å². The molecule has 0 bridgehead atoms. The molecule has 3 fully saturated rings. The van der Waals surface area contributed by atoms with E-state index in [1.807, 2.05) is 0 Å². The Morgan fingerprint density at radius 1 is 0.977 bits per heavy atom. The molecule has 0 unspecified atom stereocenters. The van der Waals surface area contributed by atoms with E-state index < -0.39 is 5.97 Å². The predicted octanol–water partition coefficient (Wildman–Crippen LogP) is 7.24. The first-order chi connectivity index (χ1) is 21.1. The minimum atomic E-state index is -0.617. The summed E-state index contributed by atoms with van der Waals surface area (Å²) < 4.78 is 0. The van der Waals surface area contributed by atoms with Crippen molar-refractivity contribution in [3.8, 4) is 11.3 Å². The highest BCUT2D eigenvalue weighted by Gasteiger charge is 2.43. The molecule has 0 amide bonds. The second-order valence-electron chi connectivity index (χ2n) is 13.0. The zero-order chi connectivity index (χ0) is 29.6. The van der Waals surface area contributed by atoms with Crippen molar-refractivity contribution in [2.24, 2.45) is 11.8 Å². The van der Waals surface area contributed by atoms with Crippen LogP contribution in [0.25, 0.3) is 11.3 Å². The molecule has 6 rings (SSSR count). The molecule has 2 aliphatic heterocycles. The SMILES string of the molecule is CCCN(c1nc(-c2ccccc2)cs1)C1CCN(C[C@H]2CN([C@@H](C(=O)O)C3CCCCC3)C[C@@H]2c2ccccc2)CC1. The van der Waals surface area contributed by atoms with Gasteiger partial charge in [0.2, 0.25) is 0 Å². The Balaban J connectivity index is 1.12. The molecule has 2 aromatic carbocycles. The summed E-state index contributed by atoms with van der Waals surface area (Å²) in [5.41, 5.74) is 3.62. The molecular formula is C36H48N4O2S. The summed E-state index contributed by atoms with van der Waals surface area (Å²) in [6, 6.07) is 21.5. The monoisotopic (exact) mass is 600 g/mol. The van der Waals surface area contributed by atoms with Gasteiger partial charge in [-0.2, -0.15) is 0 Å². The van der Waals surface area contributed by atoms with Crippen LogP contribution in [0.1, 0.15) is 69.8 Å². The van der Waals surface area contributed by atoms with Crippen molar-refractivity contribution in [1.29, 1.82) is 0 Å². The van der Waals surface area contributed by atoms with E-state index in [0.29, 0.717) is 17.9 Å². The third-order valence-electron chi connectivity index (χ3n) is 10.2. The van der Waals surface area contributed by atoms with Crippen molar-refractivity contribution in [3.05, 3.63) is 71.6 Å². The molecule has 3 aromatic rings. The lowest BCUT2D eigenvalue weighted by molar-refractivity contribution is -0.145. The van der Waals surface area contributed by atoms with Crippen LogP contribution in [-0.4, -0.2) is 77.2 Å². The van der Waals surface area contributed by atoms with Gasteiger partial charge in [0.15, 0.2) is 5.13 Å². The van der Waals surface area contributed by atoms with E-state index in [-0.39, 0.29) is 12.0 Å². The molecule has 1 saturated carbocycles. The molecule has 0 radical (unpaired) electrons. The molecule has 3 atom stereocenters. The topological polar surface area (TPSA) is 59.9 Å². The van der Waals surface area contributed by atoms with Crippen molar-refractivity contribution in [3.63, 3.8) is 0 Å². The molecule has 3 heterocycles. The molecule has 6 nitrogen and oxygen atoms in total. The Kier molecular flexibility index (Phi) is 10.1. The number of rotatable bonds is 11. The van der Waals surface area contributed by atoms with Crippen LogP contribution < -0.4 is 4.90 Å². The summed E-state index contributed by atoms with van der Waals surface area (Å²) in [5, 5.41) is 13.7. The molecular weight excluding hydrogens is 552 g/mol. The van der Waals surface area contributed by atoms with Crippen molar-refractivity contribution in [2.75, 3.05) is 44.2 Å². The highest BCUT2D eigenvalue weighted by atomic mass is 32.1. The molecule has 43 heavy (non-hydrogen) atoms. The first-order valence-corrected chi connectivity index (χ1v) is 17.5. The molecule has 0 spiro atoms. The van der Waals surface area contributed by atoms with Crippen LogP contribution in [0.5, 0.6) is 0 Å². The molecule has 1 N–H and O–H groups in total. The molecule has 230 valence electrons. The second kappa shape index (κ2) is 14.4. The number of carboxylic acids is 1. The van der Waals surface area contributed by atoms with Gasteiger partial charge in [-0.25, -0.2) is 4.98 Å². The van der Waals surface area contributed by atoms with Crippen LogP contribution in [0.3, 0.4) is 0 Å². The summed E-state index contributed by atoms with van der Waals surface area (Å²) in [6.07, 6.45) is 9.12. The lowest BCUT2D eigenvalue weighted by Gasteiger charge is -2.39. The standard InChI is InChI=1S/C36H48N4O2S/c1-2-20-40(36-37-33(26-43-36)28-14-8-4-9-15-28)31-18-21-38(22-19-31)23-30-24-39(25-32(30)27-12-6-3-7-13-27)34(35(41)42)29-16-10-5-11-17-29/h3-4,6-9,12-15,26,29-32,34H,2,5,10-11,16-25H2,1H3,(H,41,42)/t30-,32+,34+/m0/s1. The quantitative estimate of drug-likeness (QED) is 0.250. The minimum Gasteiger partial charge on any atom is -0.480 e. The van der Waals surface area contributed by atoms with Crippen LogP contribution in [0.15, 0.2) is 66.0 Å². The number of carboxylic acid groups (broad SMARTS) is 1. The number of benzene rings is 2. The summed E-state index contributed by atoms with van der Waals surface area (Å²) in [7, 11) is 0. The highest BCUT2D eigenvalue weighted by molar-refractivity contribution is 7.14. The number of hydrogen-bond acceptors (Lipinski definition) is 6. The second-order valence-corrected chi connectivity index (χ2v) is 13.9. The van der Waals surface area contributed by atoms with Crippen molar-refractivity contribution in [2.45, 2.75) is 76.3 Å². The van der Waals surface area contributed by atoms with Gasteiger partial charge in [0.1, 0.15) is 6.04 Å². The third-order valence-corrected chi connectivity index (χ3v) is 11.1. The smallest absolute Gasteiger partial charge is 0.321 e. The van der Waals surface area contributed by atoms with E-state index in [1.54, 1.807) is 11.3 Å². The van der Waals surface area contributed by atoms with Crippen LogP contribution in [0.4, 0.5) is 5.13 Å². The van der Waals surface area contributed by atoms with Crippen molar-refractivity contribution < 1.29 is 9.90 Å². The van der Waals surface area contributed by atoms with Gasteiger partial charge in [-0.3, -0.25) is 9.69 Å². The average molecular weight is 601 g/mol. The molecule has 1 aromatic heterocycles. The summed E-state index contributed by atoms with van der Waals surface area (Å²) in [4.78, 5) is 25.3. The van der Waals surface area contributed by atoms with E-state index in [0.717, 1.165) is 82.2 Å². The normalized spacial score (nSPS) is 23.4. The lowest BCUT2D eigenvalue weighted by atomic mass is 9.83. The number of anilines is 1. The van der Waals surface area contributed by atoms with Crippen LogP contribution in [0, 0.1) is 11.8 Å². The van der Waals surface area contributed by atoms with Crippen LogP contribution >= 0.6 is 11.3 Å². The maximum absolute atomic E-state index is 12.6. The number of thiazole rings is 1. The number of aromatic nitrogens is 1. The van der Waals surface area contributed by atoms with Gasteiger partial charge in [-0.15, -0.1) is 11.3 Å². The Morgan fingerprint density at radius 2 is 1.67 bits per heavy atom. The molecule has 7 heteroatoms. The van der Waals surface area contributed by atoms with Gasteiger partial charge in [-0.05, 0) is 49.5 Å². The molecule has 3 aliphatic rings. The van der Waals surface area contributed by atoms with Gasteiger partial charge in [0, 0.05) is 62.2 Å². The number of nitrogens with zero attached hydrogens (tertiary/aromatic N) is 4. The van der Waals surface area contributed by atoms with Crippen molar-refractivity contribution >= 4 is 22.4 Å².